The number of rotatable bonds is 7. The number of hydrogen-bond acceptors (Lipinski definition) is 11. The number of nitrogens with one attached hydrogen (secondary N) is 1. The van der Waals surface area contributed by atoms with Gasteiger partial charge in [0.25, 0.3) is 5.91 Å². The van der Waals surface area contributed by atoms with Gasteiger partial charge >= 0.3 is 0 Å². The molecule has 0 unspecified atom stereocenters. The van der Waals surface area contributed by atoms with Crippen molar-refractivity contribution in [2.45, 2.75) is 32.3 Å². The average molecular weight is 727 g/mol. The predicted molar refractivity (Wildman–Crippen MR) is 213 cm³/mol. The third kappa shape index (κ3) is 7.48. The Hall–Kier alpha value is -5.85. The van der Waals surface area contributed by atoms with Crippen LogP contribution >= 0.6 is 0 Å². The first-order chi connectivity index (χ1) is 26.3. The van der Waals surface area contributed by atoms with Crippen molar-refractivity contribution in [3.8, 4) is 34.3 Å². The SMILES string of the molecule is CCC(O)(CC)C(=O)N1CCN(c2nc(-c3ccccc3O)nc3ccccc23)CC1.Oc1ccccc1-c1nc(N2CCNCC2)c2ccccc2n1. The first kappa shape index (κ1) is 36.5. The van der Waals surface area contributed by atoms with E-state index in [0.717, 1.165) is 59.6 Å². The van der Waals surface area contributed by atoms with Gasteiger partial charge in [-0.1, -0.05) is 62.4 Å². The fourth-order valence-corrected chi connectivity index (χ4v) is 7.01. The quantitative estimate of drug-likeness (QED) is 0.163. The highest BCUT2D eigenvalue weighted by Gasteiger charge is 2.37. The zero-order valence-corrected chi connectivity index (χ0v) is 30.7. The monoisotopic (exact) mass is 726 g/mol. The molecule has 54 heavy (non-hydrogen) atoms. The number of carbonyl (C=O) groups excluding carboxylic acids is 1. The molecule has 0 aliphatic carbocycles. The smallest absolute Gasteiger partial charge is 0.254 e. The predicted octanol–water partition coefficient (Wildman–Crippen LogP) is 5.61. The van der Waals surface area contributed by atoms with E-state index in [1.165, 1.54) is 0 Å². The van der Waals surface area contributed by atoms with E-state index in [1.807, 2.05) is 74.5 Å². The first-order valence-corrected chi connectivity index (χ1v) is 18.6. The highest BCUT2D eigenvalue weighted by Crippen LogP contribution is 2.33. The molecule has 2 aliphatic rings. The number of phenolic OH excluding ortho intramolecular Hbond substituents is 2. The van der Waals surface area contributed by atoms with Crippen molar-refractivity contribution in [3.05, 3.63) is 97.1 Å². The molecule has 12 heteroatoms. The van der Waals surface area contributed by atoms with Crippen LogP contribution in [0.4, 0.5) is 11.6 Å². The summed E-state index contributed by atoms with van der Waals surface area (Å²) in [6.45, 7) is 9.66. The number of piperazine rings is 2. The molecule has 2 aliphatic heterocycles. The number of para-hydroxylation sites is 4. The topological polar surface area (TPSA) is 151 Å². The van der Waals surface area contributed by atoms with Crippen LogP contribution in [0.25, 0.3) is 44.6 Å². The van der Waals surface area contributed by atoms with Gasteiger partial charge in [0.2, 0.25) is 0 Å². The summed E-state index contributed by atoms with van der Waals surface area (Å²) in [6.07, 6.45) is 0.812. The van der Waals surface area contributed by atoms with Crippen molar-refractivity contribution in [1.82, 2.24) is 30.2 Å². The molecule has 1 amide bonds. The van der Waals surface area contributed by atoms with E-state index in [2.05, 4.69) is 31.2 Å². The largest absolute Gasteiger partial charge is 0.507 e. The van der Waals surface area contributed by atoms with Gasteiger partial charge in [0.05, 0.1) is 22.2 Å². The molecule has 0 bridgehead atoms. The number of aliphatic hydroxyl groups is 1. The zero-order chi connectivity index (χ0) is 37.7. The van der Waals surface area contributed by atoms with Gasteiger partial charge in [0, 0.05) is 63.1 Å². The molecule has 0 radical (unpaired) electrons. The van der Waals surface area contributed by atoms with E-state index in [1.54, 1.807) is 35.2 Å². The molecule has 0 atom stereocenters. The van der Waals surface area contributed by atoms with Crippen molar-refractivity contribution in [2.24, 2.45) is 0 Å². The van der Waals surface area contributed by atoms with Crippen LogP contribution in [0.1, 0.15) is 26.7 Å². The maximum absolute atomic E-state index is 12.8. The van der Waals surface area contributed by atoms with Gasteiger partial charge in [-0.15, -0.1) is 0 Å². The van der Waals surface area contributed by atoms with Gasteiger partial charge in [-0.25, -0.2) is 19.9 Å². The third-order valence-electron chi connectivity index (χ3n) is 10.3. The minimum Gasteiger partial charge on any atom is -0.507 e. The summed E-state index contributed by atoms with van der Waals surface area (Å²) in [5.74, 6) is 2.91. The maximum Gasteiger partial charge on any atom is 0.254 e. The molecule has 6 aromatic rings. The summed E-state index contributed by atoms with van der Waals surface area (Å²) >= 11 is 0. The number of nitrogens with zero attached hydrogens (tertiary/aromatic N) is 7. The number of fused-ring (bicyclic) bond motifs is 2. The molecule has 4 aromatic carbocycles. The number of benzene rings is 4. The third-order valence-corrected chi connectivity index (χ3v) is 10.3. The lowest BCUT2D eigenvalue weighted by Gasteiger charge is -2.39. The van der Waals surface area contributed by atoms with Crippen molar-refractivity contribution in [3.63, 3.8) is 0 Å². The van der Waals surface area contributed by atoms with Crippen LogP contribution in [0.3, 0.4) is 0 Å². The van der Waals surface area contributed by atoms with E-state index < -0.39 is 5.60 Å². The van der Waals surface area contributed by atoms with Crippen molar-refractivity contribution in [1.29, 1.82) is 0 Å². The number of amides is 1. The van der Waals surface area contributed by atoms with E-state index >= 15 is 0 Å². The molecule has 4 heterocycles. The molecule has 278 valence electrons. The van der Waals surface area contributed by atoms with Crippen LogP contribution in [0, 0.1) is 0 Å². The normalized spacial score (nSPS) is 14.9. The van der Waals surface area contributed by atoms with Gasteiger partial charge in [-0.3, -0.25) is 4.79 Å². The molecule has 2 saturated heterocycles. The Morgan fingerprint density at radius 1 is 0.611 bits per heavy atom. The van der Waals surface area contributed by atoms with E-state index in [4.69, 9.17) is 9.97 Å². The van der Waals surface area contributed by atoms with Gasteiger partial charge in [0.1, 0.15) is 28.7 Å². The molecule has 12 nitrogen and oxygen atoms in total. The number of hydrogen-bond donors (Lipinski definition) is 4. The maximum atomic E-state index is 12.8. The molecule has 2 aromatic heterocycles. The van der Waals surface area contributed by atoms with Gasteiger partial charge < -0.3 is 35.3 Å². The van der Waals surface area contributed by atoms with Crippen LogP contribution in [-0.2, 0) is 4.79 Å². The number of anilines is 2. The highest BCUT2D eigenvalue weighted by atomic mass is 16.3. The summed E-state index contributed by atoms with van der Waals surface area (Å²) in [4.78, 5) is 37.9. The van der Waals surface area contributed by atoms with Gasteiger partial charge in [-0.2, -0.15) is 0 Å². The lowest BCUT2D eigenvalue weighted by Crippen LogP contribution is -2.55. The Morgan fingerprint density at radius 2 is 1.04 bits per heavy atom. The average Bonchev–Trinajstić information content (AvgIpc) is 3.23. The minimum atomic E-state index is -1.29. The molecule has 0 saturated carbocycles. The standard InChI is InChI=1S/C24H28N4O3.C18H18N4O/c1-3-24(31,4-2)23(30)28-15-13-27(14-16-28)22-17-9-5-7-11-19(17)25-21(26-22)18-10-6-8-12-20(18)29;23-16-8-4-2-6-14(16)17-20-15-7-3-1-5-13(15)18(21-17)22-11-9-19-10-12-22/h5-12,29,31H,3-4,13-16H2,1-2H3;1-8,19,23H,9-12H2. The number of aromatic hydroxyl groups is 2. The number of phenols is 2. The molecule has 4 N–H and O–H groups in total. The van der Waals surface area contributed by atoms with Crippen molar-refractivity contribution in [2.75, 3.05) is 62.2 Å². The molecule has 2 fully saturated rings. The fourth-order valence-electron chi connectivity index (χ4n) is 7.01. The van der Waals surface area contributed by atoms with Crippen molar-refractivity contribution >= 4 is 39.3 Å². The number of carbonyl (C=O) groups is 1. The highest BCUT2D eigenvalue weighted by molar-refractivity contribution is 5.93. The fraction of sp³-hybridized carbons (Fsp3) is 0.310. The second-order valence-electron chi connectivity index (χ2n) is 13.6. The van der Waals surface area contributed by atoms with E-state index in [0.29, 0.717) is 61.8 Å². The summed E-state index contributed by atoms with van der Waals surface area (Å²) in [5.41, 5.74) is 1.65. The van der Waals surface area contributed by atoms with E-state index in [-0.39, 0.29) is 17.4 Å². The first-order valence-electron chi connectivity index (χ1n) is 18.6. The lowest BCUT2D eigenvalue weighted by molar-refractivity contribution is -0.152. The molecular weight excluding hydrogens is 681 g/mol. The van der Waals surface area contributed by atoms with Crippen molar-refractivity contribution < 1.29 is 20.1 Å². The number of aromatic nitrogens is 4. The van der Waals surface area contributed by atoms with E-state index in [9.17, 15) is 20.1 Å². The molecule has 8 rings (SSSR count). The summed E-state index contributed by atoms with van der Waals surface area (Å²) < 4.78 is 0. The Kier molecular flexibility index (Phi) is 10.8. The van der Waals surface area contributed by atoms with Crippen LogP contribution in [-0.4, -0.2) is 104 Å². The van der Waals surface area contributed by atoms with Gasteiger partial charge in [-0.05, 0) is 61.4 Å². The lowest BCUT2D eigenvalue weighted by atomic mass is 9.95. The second-order valence-corrected chi connectivity index (χ2v) is 13.6. The molecular formula is C42H46N8O4. The summed E-state index contributed by atoms with van der Waals surface area (Å²) in [5, 5.41) is 36.4. The Bertz CT molecular complexity index is 2250. The Morgan fingerprint density at radius 3 is 1.50 bits per heavy atom. The van der Waals surface area contributed by atoms with Crippen LogP contribution < -0.4 is 15.1 Å². The summed E-state index contributed by atoms with van der Waals surface area (Å²) in [6, 6.07) is 30.1. The van der Waals surface area contributed by atoms with Crippen LogP contribution in [0.15, 0.2) is 97.1 Å². The summed E-state index contributed by atoms with van der Waals surface area (Å²) in [7, 11) is 0. The zero-order valence-electron chi connectivity index (χ0n) is 30.7. The minimum absolute atomic E-state index is 0.137. The van der Waals surface area contributed by atoms with Crippen LogP contribution in [0.5, 0.6) is 11.5 Å². The Labute approximate surface area is 314 Å². The Balaban J connectivity index is 0.000000174. The van der Waals surface area contributed by atoms with Gasteiger partial charge in [0.15, 0.2) is 11.6 Å². The van der Waals surface area contributed by atoms with Crippen LogP contribution in [0.2, 0.25) is 0 Å². The second kappa shape index (κ2) is 16.0. The molecule has 0 spiro atoms.